The van der Waals surface area contributed by atoms with Crippen LogP contribution in [-0.2, 0) is 10.8 Å². The lowest BCUT2D eigenvalue weighted by Crippen LogP contribution is -2.32. The van der Waals surface area contributed by atoms with Crippen LogP contribution in [0, 0.1) is 0 Å². The fraction of sp³-hybridized carbons (Fsp3) is 0.0172. The SMILES string of the molecule is c1ccc(-c2cc(-c3ccc(-c4cccc(-c5nc6ccccc6c6cc7c(cc56)Oc5ccccc5C75c6ccccc6-c6ccccc65)c4)cc3)cc(-c3ccccn3)n2)nc1.c1ccc(-n2c(-c3ccc(-c4cccc(-c5nc6ccccc6c6cc7c(cc56)Oc5ccccc5C75c6ccccc6-c6ccccc65)c4)cc3)nc3ccccc32)cc1. The Morgan fingerprint density at radius 2 is 0.592 bits per heavy atom. The molecule has 0 unspecified atom stereocenters. The van der Waals surface area contributed by atoms with Gasteiger partial charge in [0.2, 0.25) is 0 Å². The molecule has 16 aromatic carbocycles. The van der Waals surface area contributed by atoms with E-state index in [0.29, 0.717) is 0 Å². The highest BCUT2D eigenvalue weighted by Gasteiger charge is 2.53. The molecule has 2 aliphatic heterocycles. The highest BCUT2D eigenvalue weighted by Crippen LogP contribution is 2.65. The number of nitrogens with zero attached hydrogens (tertiary/aromatic N) is 7. The first kappa shape index (κ1) is 71.3. The zero-order valence-corrected chi connectivity index (χ0v) is 67.4. The highest BCUT2D eigenvalue weighted by molar-refractivity contribution is 6.14. The minimum atomic E-state index is -0.557. The molecule has 0 N–H and O–H groups in total. The van der Waals surface area contributed by atoms with Crippen molar-refractivity contribution in [2.45, 2.75) is 10.8 Å². The molecule has 2 aliphatic carbocycles. The third-order valence-electron chi connectivity index (χ3n) is 25.9. The average Bonchev–Trinajstić information content (AvgIpc) is 1.55. The maximum absolute atomic E-state index is 6.97. The molecule has 9 heteroatoms. The Morgan fingerprint density at radius 3 is 1.06 bits per heavy atom. The fourth-order valence-corrected chi connectivity index (χ4v) is 20.4. The number of imidazole rings is 1. The zero-order valence-electron chi connectivity index (χ0n) is 67.4. The van der Waals surface area contributed by atoms with Gasteiger partial charge in [-0.15, -0.1) is 0 Å². The van der Waals surface area contributed by atoms with E-state index in [1.807, 2.05) is 48.5 Å². The summed E-state index contributed by atoms with van der Waals surface area (Å²) >= 11 is 0. The average molecular weight is 1590 g/mol. The van der Waals surface area contributed by atoms with E-state index in [1.54, 1.807) is 12.4 Å². The lowest BCUT2D eigenvalue weighted by Gasteiger charge is -2.39. The largest absolute Gasteiger partial charge is 0.457 e. The van der Waals surface area contributed by atoms with Crippen molar-refractivity contribution in [2.24, 2.45) is 0 Å². The molecule has 0 bridgehead atoms. The lowest BCUT2D eigenvalue weighted by atomic mass is 9.65. The molecule has 0 amide bonds. The van der Waals surface area contributed by atoms with Gasteiger partial charge in [0.15, 0.2) is 0 Å². The standard InChI is InChI=1S/C59H36N4O.C57H35N3O/c1-4-19-47-42(16-1)43-17-2-5-20-48(43)59(47)49-21-6-8-25-56(49)64-57-36-46-45(35-50(57)59)44-18-3-7-22-51(44)63-58(46)40-15-13-14-39(32-40)37-26-28-38(29-27-37)41-33-54(52-23-9-11-30-60-52)62-55(34-41)53-24-10-12-31-61-53;1-2-17-40(18-3-1)60-52-27-12-11-26-51(52)59-56(60)37-31-29-36(30-32-37)38-15-14-16-39(33-38)55-45-35-54-49(34-44(45)43-21-6-10-25-50(43)58-55)57(48-24-9-13-28-53(48)61-54)46-22-7-4-19-41(46)42-20-5-8-23-47(42)57/h1-36H;1-35H. The third kappa shape index (κ3) is 11.2. The molecule has 0 saturated heterocycles. The van der Waals surface area contributed by atoms with Crippen molar-refractivity contribution in [3.05, 3.63) is 475 Å². The second-order valence-corrected chi connectivity index (χ2v) is 32.6. The number of rotatable bonds is 9. The summed E-state index contributed by atoms with van der Waals surface area (Å²) in [4.78, 5) is 30.1. The topological polar surface area (TPSA) is 101 Å². The Kier molecular flexibility index (Phi) is 16.3. The summed E-state index contributed by atoms with van der Waals surface area (Å²) in [5.41, 5.74) is 33.5. The molecule has 0 atom stereocenters. The van der Waals surface area contributed by atoms with Crippen molar-refractivity contribution < 1.29 is 9.47 Å². The Hall–Kier alpha value is -16.6. The minimum Gasteiger partial charge on any atom is -0.457 e. The number of para-hydroxylation sites is 7. The molecule has 125 heavy (non-hydrogen) atoms. The maximum Gasteiger partial charge on any atom is 0.145 e. The second-order valence-electron chi connectivity index (χ2n) is 32.6. The molecule has 26 rings (SSSR count). The van der Waals surface area contributed by atoms with Gasteiger partial charge in [-0.25, -0.2) is 19.9 Å². The Bertz CT molecular complexity index is 8020. The van der Waals surface area contributed by atoms with Crippen LogP contribution in [0.2, 0.25) is 0 Å². The molecular weight excluding hydrogens is 1520 g/mol. The van der Waals surface area contributed by atoms with E-state index in [2.05, 4.69) is 385 Å². The van der Waals surface area contributed by atoms with Gasteiger partial charge in [0.1, 0.15) is 28.8 Å². The van der Waals surface area contributed by atoms with Gasteiger partial charge < -0.3 is 9.47 Å². The van der Waals surface area contributed by atoms with E-state index < -0.39 is 10.8 Å². The maximum atomic E-state index is 6.97. The first-order valence-corrected chi connectivity index (χ1v) is 42.4. The number of pyridine rings is 5. The van der Waals surface area contributed by atoms with Crippen molar-refractivity contribution in [3.63, 3.8) is 0 Å². The van der Waals surface area contributed by atoms with Gasteiger partial charge in [-0.2, -0.15) is 0 Å². The van der Waals surface area contributed by atoms with Crippen molar-refractivity contribution in [2.75, 3.05) is 0 Å². The van der Waals surface area contributed by atoms with Crippen molar-refractivity contribution in [1.29, 1.82) is 0 Å². The minimum absolute atomic E-state index is 0.548. The predicted molar refractivity (Wildman–Crippen MR) is 505 cm³/mol. The monoisotopic (exact) mass is 1590 g/mol. The number of hydrogen-bond donors (Lipinski definition) is 0. The lowest BCUT2D eigenvalue weighted by molar-refractivity contribution is 0.437. The van der Waals surface area contributed by atoms with Gasteiger partial charge in [0.25, 0.3) is 0 Å². The summed E-state index contributed by atoms with van der Waals surface area (Å²) in [5.74, 6) is 4.36. The van der Waals surface area contributed by atoms with Crippen LogP contribution in [0.4, 0.5) is 0 Å². The van der Waals surface area contributed by atoms with E-state index in [1.165, 1.54) is 44.5 Å². The molecular formula is C116H71N7O2. The van der Waals surface area contributed by atoms with Crippen LogP contribution in [0.25, 0.3) is 172 Å². The zero-order chi connectivity index (χ0) is 82.3. The van der Waals surface area contributed by atoms with Crippen LogP contribution in [0.1, 0.15) is 44.5 Å². The van der Waals surface area contributed by atoms with Gasteiger partial charge in [0.05, 0.1) is 67.1 Å². The van der Waals surface area contributed by atoms with Gasteiger partial charge in [-0.1, -0.05) is 297 Å². The number of aromatic nitrogens is 7. The second kappa shape index (κ2) is 28.5. The molecule has 0 saturated carbocycles. The summed E-state index contributed by atoms with van der Waals surface area (Å²) in [6, 6.07) is 149. The summed E-state index contributed by atoms with van der Waals surface area (Å²) < 4.78 is 16.2. The molecule has 6 aromatic heterocycles. The third-order valence-corrected chi connectivity index (χ3v) is 25.9. The normalized spacial score (nSPS) is 13.1. The van der Waals surface area contributed by atoms with E-state index in [4.69, 9.17) is 29.4 Å². The Labute approximate surface area is 720 Å². The Morgan fingerprint density at radius 1 is 0.208 bits per heavy atom. The Balaban J connectivity index is 0.000000137. The molecule has 0 fully saturated rings. The number of benzene rings is 16. The number of fused-ring (bicyclic) bond motifs is 25. The molecule has 0 radical (unpaired) electrons. The van der Waals surface area contributed by atoms with Crippen LogP contribution in [-0.4, -0.2) is 34.5 Å². The van der Waals surface area contributed by atoms with E-state index >= 15 is 0 Å². The number of ether oxygens (including phenoxy) is 2. The van der Waals surface area contributed by atoms with Gasteiger partial charge >= 0.3 is 0 Å². The molecule has 22 aromatic rings. The smallest absolute Gasteiger partial charge is 0.145 e. The van der Waals surface area contributed by atoms with Crippen molar-refractivity contribution >= 4 is 54.4 Å². The van der Waals surface area contributed by atoms with Crippen LogP contribution in [0.15, 0.2) is 431 Å². The van der Waals surface area contributed by atoms with Gasteiger partial charge in [-0.05, 0) is 210 Å². The summed E-state index contributed by atoms with van der Waals surface area (Å²) in [5, 5.41) is 6.62. The van der Waals surface area contributed by atoms with E-state index in [-0.39, 0.29) is 0 Å². The van der Waals surface area contributed by atoms with Gasteiger partial charge in [-0.3, -0.25) is 14.5 Å². The summed E-state index contributed by atoms with van der Waals surface area (Å²) in [6.07, 6.45) is 3.60. The number of hydrogen-bond acceptors (Lipinski definition) is 8. The van der Waals surface area contributed by atoms with Gasteiger partial charge in [0, 0.05) is 78.6 Å². The van der Waals surface area contributed by atoms with Crippen LogP contribution in [0.3, 0.4) is 0 Å². The molecule has 4 aliphatic rings. The van der Waals surface area contributed by atoms with Crippen LogP contribution < -0.4 is 9.47 Å². The first-order chi connectivity index (χ1) is 61.9. The molecule has 9 nitrogen and oxygen atoms in total. The fourth-order valence-electron chi connectivity index (χ4n) is 20.4. The van der Waals surface area contributed by atoms with Crippen LogP contribution in [0.5, 0.6) is 23.0 Å². The molecule has 582 valence electrons. The highest BCUT2D eigenvalue weighted by atomic mass is 16.5. The summed E-state index contributed by atoms with van der Waals surface area (Å²) in [7, 11) is 0. The van der Waals surface area contributed by atoms with Crippen molar-refractivity contribution in [1.82, 2.24) is 34.5 Å². The first-order valence-electron chi connectivity index (χ1n) is 42.4. The van der Waals surface area contributed by atoms with E-state index in [0.717, 1.165) is 195 Å². The van der Waals surface area contributed by atoms with Crippen molar-refractivity contribution in [3.8, 4) is 141 Å². The van der Waals surface area contributed by atoms with Crippen LogP contribution >= 0.6 is 0 Å². The summed E-state index contributed by atoms with van der Waals surface area (Å²) in [6.45, 7) is 0. The molecule has 2 spiro atoms. The predicted octanol–water partition coefficient (Wildman–Crippen LogP) is 28.6. The van der Waals surface area contributed by atoms with E-state index in [9.17, 15) is 0 Å². The molecule has 8 heterocycles. The quantitative estimate of drug-likeness (QED) is 0.132.